The van der Waals surface area contributed by atoms with E-state index < -0.39 is 0 Å². The summed E-state index contributed by atoms with van der Waals surface area (Å²) < 4.78 is 0. The summed E-state index contributed by atoms with van der Waals surface area (Å²) in [5, 5.41) is 0.828. The minimum Gasteiger partial charge on any atom is -0.327 e. The van der Waals surface area contributed by atoms with E-state index in [2.05, 4.69) is 12.6 Å². The Morgan fingerprint density at radius 2 is 2.00 bits per heavy atom. The van der Waals surface area contributed by atoms with Crippen LogP contribution in [0.15, 0.2) is 36.9 Å². The van der Waals surface area contributed by atoms with Crippen LogP contribution in [0.5, 0.6) is 0 Å². The predicted molar refractivity (Wildman–Crippen MR) is 76.4 cm³/mol. The second-order valence-electron chi connectivity index (χ2n) is 4.48. The van der Waals surface area contributed by atoms with Crippen LogP contribution < -0.4 is 5.73 Å². The lowest BCUT2D eigenvalue weighted by molar-refractivity contribution is 0.551. The molecule has 0 fully saturated rings. The number of allylic oxidation sites excluding steroid dienone is 1. The van der Waals surface area contributed by atoms with E-state index in [1.165, 1.54) is 19.3 Å². The molecule has 1 nitrogen and oxygen atoms in total. The number of hydrogen-bond acceptors (Lipinski definition) is 1. The van der Waals surface area contributed by atoms with Gasteiger partial charge in [-0.25, -0.2) is 0 Å². The number of hydrogen-bond donors (Lipinski definition) is 1. The molecule has 0 bridgehead atoms. The lowest BCUT2D eigenvalue weighted by Gasteiger charge is -2.12. The van der Waals surface area contributed by atoms with Crippen LogP contribution in [0.2, 0.25) is 5.02 Å². The molecule has 2 heteroatoms. The van der Waals surface area contributed by atoms with E-state index in [0.29, 0.717) is 0 Å². The first-order valence-corrected chi connectivity index (χ1v) is 6.71. The predicted octanol–water partition coefficient (Wildman–Crippen LogP) is 4.35. The van der Waals surface area contributed by atoms with Crippen molar-refractivity contribution in [2.45, 2.75) is 44.6 Å². The Labute approximate surface area is 110 Å². The molecule has 0 saturated heterocycles. The average molecular weight is 252 g/mol. The highest BCUT2D eigenvalue weighted by Gasteiger charge is 2.06. The van der Waals surface area contributed by atoms with Gasteiger partial charge < -0.3 is 5.73 Å². The van der Waals surface area contributed by atoms with Gasteiger partial charge in [-0.2, -0.15) is 0 Å². The van der Waals surface area contributed by atoms with E-state index in [4.69, 9.17) is 17.3 Å². The van der Waals surface area contributed by atoms with Crippen molar-refractivity contribution in [2.24, 2.45) is 5.73 Å². The molecular formula is C15H22ClN. The van der Waals surface area contributed by atoms with Gasteiger partial charge >= 0.3 is 0 Å². The van der Waals surface area contributed by atoms with E-state index in [-0.39, 0.29) is 6.04 Å². The zero-order chi connectivity index (χ0) is 12.5. The molecule has 0 aliphatic rings. The average Bonchev–Trinajstić information content (AvgIpc) is 2.32. The van der Waals surface area contributed by atoms with Crippen LogP contribution >= 0.6 is 11.6 Å². The van der Waals surface area contributed by atoms with Crippen LogP contribution in [0, 0.1) is 0 Å². The Hall–Kier alpha value is -0.790. The molecule has 1 aromatic carbocycles. The van der Waals surface area contributed by atoms with Gasteiger partial charge in [0.15, 0.2) is 0 Å². The first kappa shape index (κ1) is 14.3. The highest BCUT2D eigenvalue weighted by atomic mass is 35.5. The number of halogens is 1. The summed E-state index contributed by atoms with van der Waals surface area (Å²) in [4.78, 5) is 0. The molecule has 0 aliphatic carbocycles. The van der Waals surface area contributed by atoms with E-state index in [9.17, 15) is 0 Å². The van der Waals surface area contributed by atoms with Gasteiger partial charge in [0, 0.05) is 11.1 Å². The Bertz CT molecular complexity index is 335. The minimum absolute atomic E-state index is 0.221. The standard InChI is InChI=1S/C15H22ClN/c1-2-3-4-5-6-10-14(17)12-13-9-7-8-11-15(13)16/h2,7-9,11,14H,1,3-6,10,12,17H2. The van der Waals surface area contributed by atoms with Crippen LogP contribution in [0.3, 0.4) is 0 Å². The van der Waals surface area contributed by atoms with E-state index in [1.807, 2.05) is 24.3 Å². The van der Waals surface area contributed by atoms with Crippen molar-refractivity contribution in [2.75, 3.05) is 0 Å². The second-order valence-corrected chi connectivity index (χ2v) is 4.89. The molecular weight excluding hydrogens is 230 g/mol. The van der Waals surface area contributed by atoms with Crippen LogP contribution in [0.25, 0.3) is 0 Å². The monoisotopic (exact) mass is 251 g/mol. The molecule has 17 heavy (non-hydrogen) atoms. The Morgan fingerprint density at radius 1 is 1.24 bits per heavy atom. The van der Waals surface area contributed by atoms with Crippen molar-refractivity contribution in [3.05, 3.63) is 47.5 Å². The summed E-state index contributed by atoms with van der Waals surface area (Å²) in [5.74, 6) is 0. The summed E-state index contributed by atoms with van der Waals surface area (Å²) >= 11 is 6.10. The van der Waals surface area contributed by atoms with Crippen LogP contribution in [-0.2, 0) is 6.42 Å². The highest BCUT2D eigenvalue weighted by Crippen LogP contribution is 2.17. The molecule has 0 spiro atoms. The topological polar surface area (TPSA) is 26.0 Å². The Morgan fingerprint density at radius 3 is 2.71 bits per heavy atom. The number of benzene rings is 1. The summed E-state index contributed by atoms with van der Waals surface area (Å²) in [5.41, 5.74) is 7.27. The van der Waals surface area contributed by atoms with Crippen molar-refractivity contribution in [1.29, 1.82) is 0 Å². The molecule has 0 aromatic heterocycles. The second kappa shape index (κ2) is 8.32. The van der Waals surface area contributed by atoms with Crippen molar-refractivity contribution in [1.82, 2.24) is 0 Å². The van der Waals surface area contributed by atoms with E-state index in [1.54, 1.807) is 0 Å². The summed E-state index contributed by atoms with van der Waals surface area (Å²) in [7, 11) is 0. The zero-order valence-electron chi connectivity index (χ0n) is 10.4. The molecule has 1 unspecified atom stereocenters. The fourth-order valence-corrected chi connectivity index (χ4v) is 2.13. The molecule has 0 saturated carbocycles. The maximum Gasteiger partial charge on any atom is 0.0438 e. The van der Waals surface area contributed by atoms with Gasteiger partial charge in [-0.05, 0) is 37.3 Å². The van der Waals surface area contributed by atoms with E-state index in [0.717, 1.165) is 29.8 Å². The molecule has 1 rings (SSSR count). The van der Waals surface area contributed by atoms with Crippen LogP contribution in [-0.4, -0.2) is 6.04 Å². The Balaban J connectivity index is 2.23. The molecule has 0 aliphatic heterocycles. The maximum atomic E-state index is 6.11. The highest BCUT2D eigenvalue weighted by molar-refractivity contribution is 6.31. The lowest BCUT2D eigenvalue weighted by Crippen LogP contribution is -2.22. The summed E-state index contributed by atoms with van der Waals surface area (Å²) in [6.45, 7) is 3.72. The quantitative estimate of drug-likeness (QED) is 0.540. The third-order valence-corrected chi connectivity index (χ3v) is 3.29. The fourth-order valence-electron chi connectivity index (χ4n) is 1.92. The Kier molecular flexibility index (Phi) is 6.99. The zero-order valence-corrected chi connectivity index (χ0v) is 11.1. The molecule has 2 N–H and O–H groups in total. The fraction of sp³-hybridized carbons (Fsp3) is 0.467. The van der Waals surface area contributed by atoms with Crippen molar-refractivity contribution < 1.29 is 0 Å². The number of nitrogens with two attached hydrogens (primary N) is 1. The third kappa shape index (κ3) is 5.90. The molecule has 94 valence electrons. The maximum absolute atomic E-state index is 6.11. The lowest BCUT2D eigenvalue weighted by atomic mass is 10.0. The smallest absolute Gasteiger partial charge is 0.0438 e. The SMILES string of the molecule is C=CCCCCCC(N)Cc1ccccc1Cl. The first-order valence-electron chi connectivity index (χ1n) is 6.34. The van der Waals surface area contributed by atoms with Gasteiger partial charge in [-0.1, -0.05) is 48.7 Å². The van der Waals surface area contributed by atoms with E-state index >= 15 is 0 Å². The molecule has 1 aromatic rings. The largest absolute Gasteiger partial charge is 0.327 e. The first-order chi connectivity index (χ1) is 8.24. The van der Waals surface area contributed by atoms with Crippen LogP contribution in [0.4, 0.5) is 0 Å². The molecule has 1 atom stereocenters. The van der Waals surface area contributed by atoms with Gasteiger partial charge in [0.1, 0.15) is 0 Å². The molecule has 0 amide bonds. The van der Waals surface area contributed by atoms with Gasteiger partial charge in [0.2, 0.25) is 0 Å². The normalized spacial score (nSPS) is 12.4. The van der Waals surface area contributed by atoms with Gasteiger partial charge in [0.05, 0.1) is 0 Å². The third-order valence-electron chi connectivity index (χ3n) is 2.92. The molecule has 0 heterocycles. The van der Waals surface area contributed by atoms with Gasteiger partial charge in [-0.15, -0.1) is 6.58 Å². The summed E-state index contributed by atoms with van der Waals surface area (Å²) in [6, 6.07) is 8.16. The van der Waals surface area contributed by atoms with Gasteiger partial charge in [0.25, 0.3) is 0 Å². The van der Waals surface area contributed by atoms with Crippen LogP contribution in [0.1, 0.15) is 37.7 Å². The molecule has 0 radical (unpaired) electrons. The van der Waals surface area contributed by atoms with Gasteiger partial charge in [-0.3, -0.25) is 0 Å². The minimum atomic E-state index is 0.221. The van der Waals surface area contributed by atoms with Crippen molar-refractivity contribution in [3.63, 3.8) is 0 Å². The number of rotatable bonds is 8. The van der Waals surface area contributed by atoms with Crippen molar-refractivity contribution in [3.8, 4) is 0 Å². The summed E-state index contributed by atoms with van der Waals surface area (Å²) in [6.07, 6.45) is 8.69. The van der Waals surface area contributed by atoms with Crippen molar-refractivity contribution >= 4 is 11.6 Å². The number of unbranched alkanes of at least 4 members (excludes halogenated alkanes) is 3.